The first-order chi connectivity index (χ1) is 14.2. The monoisotopic (exact) mass is 394 g/mol. The van der Waals surface area contributed by atoms with Crippen LogP contribution in [0.15, 0.2) is 41.8 Å². The Morgan fingerprint density at radius 3 is 2.86 bits per heavy atom. The number of carbonyl (C=O) groups excluding carboxylic acids is 2. The Bertz CT molecular complexity index is 824. The molecule has 1 saturated heterocycles. The maximum atomic E-state index is 13.2. The molecule has 4 rings (SSSR count). The van der Waals surface area contributed by atoms with Crippen LogP contribution >= 0.6 is 0 Å². The van der Waals surface area contributed by atoms with Crippen LogP contribution in [0.1, 0.15) is 51.4 Å². The molecule has 6 nitrogen and oxygen atoms in total. The molecule has 154 valence electrons. The number of piperidine rings is 1. The van der Waals surface area contributed by atoms with Crippen LogP contribution in [0.25, 0.3) is 0 Å². The number of rotatable bonds is 6. The van der Waals surface area contributed by atoms with E-state index < -0.39 is 0 Å². The summed E-state index contributed by atoms with van der Waals surface area (Å²) in [5, 5.41) is 3.32. The molecule has 0 bridgehead atoms. The van der Waals surface area contributed by atoms with E-state index in [0.717, 1.165) is 37.1 Å². The highest BCUT2D eigenvalue weighted by Crippen LogP contribution is 2.34. The van der Waals surface area contributed by atoms with Crippen molar-refractivity contribution in [3.8, 4) is 0 Å². The second-order valence-electron chi connectivity index (χ2n) is 8.07. The standard InChI is InChI=1S/C23H30N4O2/c28-20-11-7-9-18-17-25-19-10-8-13-24-23(19)27(22(18)20)21(29)12-3-1-4-14-26-15-5-2-6-16-26/h7-10,13,25H,1-6,11-12,14-17H2. The minimum Gasteiger partial charge on any atom is -0.378 e. The molecule has 6 heteroatoms. The number of hydrogen-bond acceptors (Lipinski definition) is 5. The number of amides is 1. The minimum absolute atomic E-state index is 0.0127. The van der Waals surface area contributed by atoms with Crippen molar-refractivity contribution in [2.45, 2.75) is 51.4 Å². The summed E-state index contributed by atoms with van der Waals surface area (Å²) in [5.74, 6) is 0.489. The zero-order valence-corrected chi connectivity index (χ0v) is 17.0. The summed E-state index contributed by atoms with van der Waals surface area (Å²) < 4.78 is 0. The number of ketones is 1. The van der Waals surface area contributed by atoms with E-state index in [1.54, 1.807) is 11.1 Å². The highest BCUT2D eigenvalue weighted by atomic mass is 16.2. The van der Waals surface area contributed by atoms with Crippen molar-refractivity contribution >= 4 is 23.2 Å². The summed E-state index contributed by atoms with van der Waals surface area (Å²) in [6, 6.07) is 3.75. The number of aromatic nitrogens is 1. The maximum Gasteiger partial charge on any atom is 0.232 e. The summed E-state index contributed by atoms with van der Waals surface area (Å²) in [5.41, 5.74) is 2.15. The van der Waals surface area contributed by atoms with Gasteiger partial charge in [0.15, 0.2) is 11.6 Å². The summed E-state index contributed by atoms with van der Waals surface area (Å²) in [4.78, 5) is 34.5. The van der Waals surface area contributed by atoms with Gasteiger partial charge in [0.1, 0.15) is 0 Å². The number of nitrogens with zero attached hydrogens (tertiary/aromatic N) is 3. The summed E-state index contributed by atoms with van der Waals surface area (Å²) >= 11 is 0. The van der Waals surface area contributed by atoms with E-state index in [2.05, 4.69) is 15.2 Å². The van der Waals surface area contributed by atoms with Gasteiger partial charge < -0.3 is 10.2 Å². The van der Waals surface area contributed by atoms with Gasteiger partial charge in [0, 0.05) is 25.6 Å². The Labute approximate surface area is 172 Å². The number of Topliss-reactive ketones (excluding diaryl/α,β-unsaturated/α-hetero) is 1. The van der Waals surface area contributed by atoms with Gasteiger partial charge in [0.05, 0.1) is 11.4 Å². The highest BCUT2D eigenvalue weighted by Gasteiger charge is 2.32. The van der Waals surface area contributed by atoms with Crippen LogP contribution in [0.4, 0.5) is 11.5 Å². The number of nitrogens with one attached hydrogen (secondary N) is 1. The Hall–Kier alpha value is -2.47. The van der Waals surface area contributed by atoms with Crippen molar-refractivity contribution in [2.75, 3.05) is 36.4 Å². The Balaban J connectivity index is 1.42. The third-order valence-electron chi connectivity index (χ3n) is 5.95. The first-order valence-corrected chi connectivity index (χ1v) is 10.9. The predicted molar refractivity (Wildman–Crippen MR) is 115 cm³/mol. The third kappa shape index (κ3) is 4.58. The van der Waals surface area contributed by atoms with E-state index >= 15 is 0 Å². The molecular weight excluding hydrogens is 364 g/mol. The molecular formula is C23H30N4O2. The number of pyridine rings is 1. The van der Waals surface area contributed by atoms with Crippen LogP contribution < -0.4 is 10.2 Å². The van der Waals surface area contributed by atoms with E-state index in [0.29, 0.717) is 30.9 Å². The summed E-state index contributed by atoms with van der Waals surface area (Å²) in [6.45, 7) is 4.09. The minimum atomic E-state index is -0.0391. The van der Waals surface area contributed by atoms with E-state index in [4.69, 9.17) is 0 Å². The first-order valence-electron chi connectivity index (χ1n) is 10.9. The molecule has 29 heavy (non-hydrogen) atoms. The van der Waals surface area contributed by atoms with Gasteiger partial charge in [0.2, 0.25) is 5.91 Å². The number of anilines is 2. The van der Waals surface area contributed by atoms with Crippen LogP contribution in [0.5, 0.6) is 0 Å². The number of likely N-dealkylation sites (tertiary alicyclic amines) is 1. The quantitative estimate of drug-likeness (QED) is 0.746. The van der Waals surface area contributed by atoms with Gasteiger partial charge in [-0.3, -0.25) is 14.5 Å². The van der Waals surface area contributed by atoms with Crippen LogP contribution in [0, 0.1) is 0 Å². The van der Waals surface area contributed by atoms with Crippen molar-refractivity contribution in [1.82, 2.24) is 9.88 Å². The molecule has 1 aliphatic carbocycles. The average Bonchev–Trinajstić information content (AvgIpc) is 2.92. The number of allylic oxidation sites excluding steroid dienone is 2. The van der Waals surface area contributed by atoms with Gasteiger partial charge in [0.25, 0.3) is 0 Å². The fourth-order valence-electron chi connectivity index (χ4n) is 4.41. The molecule has 0 radical (unpaired) electrons. The number of unbranched alkanes of at least 4 members (excludes halogenated alkanes) is 2. The molecule has 1 fully saturated rings. The van der Waals surface area contributed by atoms with Gasteiger partial charge >= 0.3 is 0 Å². The lowest BCUT2D eigenvalue weighted by Gasteiger charge is -2.27. The van der Waals surface area contributed by atoms with Gasteiger partial charge in [-0.25, -0.2) is 4.98 Å². The van der Waals surface area contributed by atoms with E-state index in [1.807, 2.05) is 24.3 Å². The highest BCUT2D eigenvalue weighted by molar-refractivity contribution is 6.12. The van der Waals surface area contributed by atoms with Gasteiger partial charge in [-0.15, -0.1) is 0 Å². The maximum absolute atomic E-state index is 13.2. The van der Waals surface area contributed by atoms with E-state index in [-0.39, 0.29) is 11.7 Å². The molecule has 0 spiro atoms. The fraction of sp³-hybridized carbons (Fsp3) is 0.522. The molecule has 3 heterocycles. The van der Waals surface area contributed by atoms with E-state index in [9.17, 15) is 9.59 Å². The van der Waals surface area contributed by atoms with Crippen LogP contribution in [0.2, 0.25) is 0 Å². The Kier molecular flexibility index (Phi) is 6.39. The molecule has 1 amide bonds. The van der Waals surface area contributed by atoms with Crippen LogP contribution in [-0.4, -0.2) is 47.8 Å². The summed E-state index contributed by atoms with van der Waals surface area (Å²) in [7, 11) is 0. The van der Waals surface area contributed by atoms with Crippen molar-refractivity contribution in [3.05, 3.63) is 41.8 Å². The number of fused-ring (bicyclic) bond motifs is 1. The molecule has 1 N–H and O–H groups in total. The average molecular weight is 395 g/mol. The molecule has 1 aromatic heterocycles. The Morgan fingerprint density at radius 2 is 2.00 bits per heavy atom. The van der Waals surface area contributed by atoms with Gasteiger partial charge in [-0.1, -0.05) is 25.0 Å². The van der Waals surface area contributed by atoms with Gasteiger partial charge in [-0.05, 0) is 63.0 Å². The summed E-state index contributed by atoms with van der Waals surface area (Å²) in [6.07, 6.45) is 13.2. The van der Waals surface area contributed by atoms with Crippen LogP contribution in [-0.2, 0) is 9.59 Å². The zero-order chi connectivity index (χ0) is 20.1. The van der Waals surface area contributed by atoms with Crippen molar-refractivity contribution in [2.24, 2.45) is 0 Å². The SMILES string of the molecule is O=C1CC=CC2=C1N(C(=O)CCCCCN1CCCCC1)c1ncccc1NC2. The Morgan fingerprint density at radius 1 is 1.14 bits per heavy atom. The fourth-order valence-corrected chi connectivity index (χ4v) is 4.41. The van der Waals surface area contributed by atoms with E-state index in [1.165, 1.54) is 32.4 Å². The smallest absolute Gasteiger partial charge is 0.232 e. The third-order valence-corrected chi connectivity index (χ3v) is 5.95. The molecule has 2 aliphatic heterocycles. The zero-order valence-electron chi connectivity index (χ0n) is 17.0. The molecule has 3 aliphatic rings. The number of hydrogen-bond donors (Lipinski definition) is 1. The second-order valence-corrected chi connectivity index (χ2v) is 8.07. The van der Waals surface area contributed by atoms with Crippen molar-refractivity contribution in [1.29, 1.82) is 0 Å². The lowest BCUT2D eigenvalue weighted by Crippen LogP contribution is -2.35. The molecule has 1 aromatic rings. The predicted octanol–water partition coefficient (Wildman–Crippen LogP) is 3.67. The van der Waals surface area contributed by atoms with Gasteiger partial charge in [-0.2, -0.15) is 0 Å². The largest absolute Gasteiger partial charge is 0.378 e. The van der Waals surface area contributed by atoms with Crippen LogP contribution in [0.3, 0.4) is 0 Å². The lowest BCUT2D eigenvalue weighted by molar-refractivity contribution is -0.120. The molecule has 0 aromatic carbocycles. The second kappa shape index (κ2) is 9.35. The van der Waals surface area contributed by atoms with Crippen molar-refractivity contribution in [3.63, 3.8) is 0 Å². The van der Waals surface area contributed by atoms with Crippen molar-refractivity contribution < 1.29 is 9.59 Å². The number of carbonyl (C=O) groups is 2. The normalized spacial score (nSPS) is 19.4. The molecule has 0 saturated carbocycles. The molecule has 0 unspecified atom stereocenters. The lowest BCUT2D eigenvalue weighted by atomic mass is 10.0. The molecule has 0 atom stereocenters. The first kappa shape index (κ1) is 19.8. The topological polar surface area (TPSA) is 65.5 Å².